The van der Waals surface area contributed by atoms with E-state index < -0.39 is 0 Å². The maximum absolute atomic E-state index is 5.65. The highest BCUT2D eigenvalue weighted by Crippen LogP contribution is 2.20. The van der Waals surface area contributed by atoms with Crippen LogP contribution >= 0.6 is 0 Å². The molecule has 0 aliphatic rings. The topological polar surface area (TPSA) is 29.3 Å². The van der Waals surface area contributed by atoms with Crippen molar-refractivity contribution in [1.29, 1.82) is 0 Å². The second-order valence-corrected chi connectivity index (χ2v) is 3.56. The van der Waals surface area contributed by atoms with E-state index in [9.17, 15) is 0 Å². The lowest BCUT2D eigenvalue weighted by molar-refractivity contribution is 0.234. The molecule has 0 bridgehead atoms. The molecular weight excluding hydrogens is 172 g/mol. The van der Waals surface area contributed by atoms with Gasteiger partial charge in [-0.05, 0) is 37.7 Å². The molecule has 0 heterocycles. The number of hydrogen-bond donors (Lipinski definition) is 1. The molecule has 2 N–H and O–H groups in total. The molecule has 0 saturated heterocycles. The van der Waals surface area contributed by atoms with E-state index in [4.69, 9.17) is 5.73 Å². The zero-order chi connectivity index (χ0) is 10.6. The molecule has 0 spiro atoms. The molecule has 2 nitrogen and oxygen atoms in total. The number of rotatable bonds is 4. The van der Waals surface area contributed by atoms with Gasteiger partial charge in [-0.2, -0.15) is 0 Å². The Labute approximate surface area is 86.7 Å². The maximum Gasteiger partial charge on any atom is 0.0319 e. The molecule has 0 radical (unpaired) electrons. The van der Waals surface area contributed by atoms with Gasteiger partial charge in [0.05, 0.1) is 0 Å². The van der Waals surface area contributed by atoms with Crippen molar-refractivity contribution in [3.63, 3.8) is 0 Å². The molecule has 0 aromatic heterocycles. The summed E-state index contributed by atoms with van der Waals surface area (Å²) in [5, 5.41) is 0. The van der Waals surface area contributed by atoms with Crippen molar-refractivity contribution in [2.75, 3.05) is 18.8 Å². The first-order chi connectivity index (χ1) is 6.69. The Hall–Kier alpha value is -1.02. The van der Waals surface area contributed by atoms with Crippen LogP contribution in [0.15, 0.2) is 24.3 Å². The van der Waals surface area contributed by atoms with Crippen LogP contribution in [0.2, 0.25) is 0 Å². The third kappa shape index (κ3) is 2.48. The molecule has 1 rings (SSSR count). The standard InChI is InChI=1S/C12H20N2/c1-4-14(5-2)10(3)11-6-8-12(13)9-7-11/h6-10H,4-5,13H2,1-3H3. The lowest BCUT2D eigenvalue weighted by Crippen LogP contribution is -2.26. The summed E-state index contributed by atoms with van der Waals surface area (Å²) in [6, 6.07) is 8.63. The van der Waals surface area contributed by atoms with Gasteiger partial charge in [-0.3, -0.25) is 4.90 Å². The van der Waals surface area contributed by atoms with Crippen LogP contribution in [-0.4, -0.2) is 18.0 Å². The Bertz CT molecular complexity index is 262. The highest BCUT2D eigenvalue weighted by atomic mass is 15.1. The van der Waals surface area contributed by atoms with E-state index in [0.29, 0.717) is 6.04 Å². The van der Waals surface area contributed by atoms with E-state index in [1.165, 1.54) is 5.56 Å². The van der Waals surface area contributed by atoms with E-state index in [1.54, 1.807) is 0 Å². The monoisotopic (exact) mass is 192 g/mol. The summed E-state index contributed by atoms with van der Waals surface area (Å²) in [7, 11) is 0. The summed E-state index contributed by atoms with van der Waals surface area (Å²) in [5.74, 6) is 0. The van der Waals surface area contributed by atoms with Crippen LogP contribution < -0.4 is 5.73 Å². The molecule has 1 unspecified atom stereocenters. The lowest BCUT2D eigenvalue weighted by Gasteiger charge is -2.26. The lowest BCUT2D eigenvalue weighted by atomic mass is 10.1. The summed E-state index contributed by atoms with van der Waals surface area (Å²) in [5.41, 5.74) is 7.82. The van der Waals surface area contributed by atoms with Crippen molar-refractivity contribution in [3.8, 4) is 0 Å². The van der Waals surface area contributed by atoms with Crippen molar-refractivity contribution in [2.45, 2.75) is 26.8 Å². The molecule has 78 valence electrons. The number of benzene rings is 1. The molecule has 0 aliphatic carbocycles. The van der Waals surface area contributed by atoms with E-state index in [2.05, 4.69) is 37.8 Å². The molecule has 2 heteroatoms. The van der Waals surface area contributed by atoms with Crippen molar-refractivity contribution < 1.29 is 0 Å². The van der Waals surface area contributed by atoms with Gasteiger partial charge in [-0.25, -0.2) is 0 Å². The van der Waals surface area contributed by atoms with Gasteiger partial charge < -0.3 is 5.73 Å². The molecule has 0 amide bonds. The molecule has 0 saturated carbocycles. The fourth-order valence-electron chi connectivity index (χ4n) is 1.76. The van der Waals surface area contributed by atoms with Crippen molar-refractivity contribution in [3.05, 3.63) is 29.8 Å². The van der Waals surface area contributed by atoms with Crippen LogP contribution in [0.3, 0.4) is 0 Å². The average molecular weight is 192 g/mol. The van der Waals surface area contributed by atoms with Crippen LogP contribution in [0.25, 0.3) is 0 Å². The minimum Gasteiger partial charge on any atom is -0.399 e. The smallest absolute Gasteiger partial charge is 0.0319 e. The largest absolute Gasteiger partial charge is 0.399 e. The van der Waals surface area contributed by atoms with Gasteiger partial charge in [0.2, 0.25) is 0 Å². The molecule has 0 aliphatic heterocycles. The van der Waals surface area contributed by atoms with Gasteiger partial charge in [-0.1, -0.05) is 26.0 Å². The fourth-order valence-corrected chi connectivity index (χ4v) is 1.76. The Morgan fingerprint density at radius 2 is 1.64 bits per heavy atom. The second-order valence-electron chi connectivity index (χ2n) is 3.56. The first-order valence-corrected chi connectivity index (χ1v) is 5.28. The Morgan fingerprint density at radius 3 is 2.07 bits per heavy atom. The fraction of sp³-hybridized carbons (Fsp3) is 0.500. The highest BCUT2D eigenvalue weighted by molar-refractivity contribution is 5.40. The summed E-state index contributed by atoms with van der Waals surface area (Å²) < 4.78 is 0. The molecule has 1 aromatic carbocycles. The number of nitrogens with zero attached hydrogens (tertiary/aromatic N) is 1. The first kappa shape index (κ1) is 11.1. The summed E-state index contributed by atoms with van der Waals surface area (Å²) >= 11 is 0. The average Bonchev–Trinajstić information content (AvgIpc) is 2.20. The predicted molar refractivity (Wildman–Crippen MR) is 62.2 cm³/mol. The third-order valence-corrected chi connectivity index (χ3v) is 2.78. The van der Waals surface area contributed by atoms with Crippen molar-refractivity contribution in [2.24, 2.45) is 0 Å². The first-order valence-electron chi connectivity index (χ1n) is 5.28. The number of nitrogens with two attached hydrogens (primary N) is 1. The number of nitrogen functional groups attached to an aromatic ring is 1. The van der Waals surface area contributed by atoms with Crippen LogP contribution in [-0.2, 0) is 0 Å². The SMILES string of the molecule is CCN(CC)C(C)c1ccc(N)cc1. The van der Waals surface area contributed by atoms with Crippen molar-refractivity contribution in [1.82, 2.24) is 4.90 Å². The van der Waals surface area contributed by atoms with Gasteiger partial charge in [0.15, 0.2) is 0 Å². The van der Waals surface area contributed by atoms with Crippen LogP contribution in [0.1, 0.15) is 32.4 Å². The second kappa shape index (κ2) is 5.01. The normalized spacial score (nSPS) is 13.1. The molecule has 1 aromatic rings. The molecule has 14 heavy (non-hydrogen) atoms. The molecule has 1 atom stereocenters. The summed E-state index contributed by atoms with van der Waals surface area (Å²) in [4.78, 5) is 2.42. The Balaban J connectivity index is 2.77. The molecular formula is C12H20N2. The summed E-state index contributed by atoms with van der Waals surface area (Å²) in [6.45, 7) is 8.79. The van der Waals surface area contributed by atoms with Gasteiger partial charge >= 0.3 is 0 Å². The number of hydrogen-bond acceptors (Lipinski definition) is 2. The predicted octanol–water partition coefficient (Wildman–Crippen LogP) is 2.67. The Morgan fingerprint density at radius 1 is 1.14 bits per heavy atom. The van der Waals surface area contributed by atoms with Crippen molar-refractivity contribution >= 4 is 5.69 Å². The molecule has 0 fully saturated rings. The van der Waals surface area contributed by atoms with Gasteiger partial charge in [0.1, 0.15) is 0 Å². The number of anilines is 1. The van der Waals surface area contributed by atoms with Crippen LogP contribution in [0.5, 0.6) is 0 Å². The highest BCUT2D eigenvalue weighted by Gasteiger charge is 2.11. The van der Waals surface area contributed by atoms with E-state index in [0.717, 1.165) is 18.8 Å². The van der Waals surface area contributed by atoms with E-state index in [-0.39, 0.29) is 0 Å². The third-order valence-electron chi connectivity index (χ3n) is 2.78. The van der Waals surface area contributed by atoms with E-state index in [1.807, 2.05) is 12.1 Å². The minimum atomic E-state index is 0.477. The minimum absolute atomic E-state index is 0.477. The van der Waals surface area contributed by atoms with Crippen LogP contribution in [0.4, 0.5) is 5.69 Å². The zero-order valence-electron chi connectivity index (χ0n) is 9.33. The Kier molecular flexibility index (Phi) is 3.96. The quantitative estimate of drug-likeness (QED) is 0.743. The van der Waals surface area contributed by atoms with Gasteiger partial charge in [0.25, 0.3) is 0 Å². The maximum atomic E-state index is 5.65. The van der Waals surface area contributed by atoms with E-state index >= 15 is 0 Å². The van der Waals surface area contributed by atoms with Gasteiger partial charge in [0, 0.05) is 11.7 Å². The van der Waals surface area contributed by atoms with Crippen LogP contribution in [0, 0.1) is 0 Å². The summed E-state index contributed by atoms with van der Waals surface area (Å²) in [6.07, 6.45) is 0. The van der Waals surface area contributed by atoms with Gasteiger partial charge in [-0.15, -0.1) is 0 Å². The zero-order valence-corrected chi connectivity index (χ0v) is 9.33.